The molecule has 22 heavy (non-hydrogen) atoms. The summed E-state index contributed by atoms with van der Waals surface area (Å²) in [4.78, 5) is 14.1. The molecule has 0 bridgehead atoms. The lowest BCUT2D eigenvalue weighted by atomic mass is 10.1. The maximum Gasteiger partial charge on any atom is 0.407 e. The van der Waals surface area contributed by atoms with Gasteiger partial charge in [0.15, 0.2) is 0 Å². The van der Waals surface area contributed by atoms with Gasteiger partial charge in [0, 0.05) is 19.6 Å². The third kappa shape index (κ3) is 7.64. The quantitative estimate of drug-likeness (QED) is 0.728. The topological polar surface area (TPSA) is 41.6 Å². The van der Waals surface area contributed by atoms with Crippen molar-refractivity contribution < 1.29 is 9.53 Å². The van der Waals surface area contributed by atoms with Crippen LogP contribution in [0.4, 0.5) is 4.79 Å². The summed E-state index contributed by atoms with van der Waals surface area (Å²) in [6.07, 6.45) is 7.31. The normalized spacial score (nSPS) is 20.0. The summed E-state index contributed by atoms with van der Waals surface area (Å²) in [7, 11) is 0. The second kappa shape index (κ2) is 8.99. The van der Waals surface area contributed by atoms with E-state index in [0.717, 1.165) is 32.5 Å². The first-order valence-corrected chi connectivity index (χ1v) is 8.34. The van der Waals surface area contributed by atoms with E-state index in [4.69, 9.17) is 4.74 Å². The summed E-state index contributed by atoms with van der Waals surface area (Å²) in [5, 5.41) is 2.88. The largest absolute Gasteiger partial charge is 0.444 e. The molecule has 1 N–H and O–H groups in total. The molecule has 0 aromatic heterocycles. The Balaban J connectivity index is 2.31. The molecule has 1 amide bonds. The average Bonchev–Trinajstić information content (AvgIpc) is 2.87. The van der Waals surface area contributed by atoms with Gasteiger partial charge < -0.3 is 10.1 Å². The Hall–Kier alpha value is -1.29. The van der Waals surface area contributed by atoms with Gasteiger partial charge in [-0.15, -0.1) is 0 Å². The third-order valence-electron chi connectivity index (χ3n) is 3.67. The molecular formula is C18H32N2O2. The van der Waals surface area contributed by atoms with Gasteiger partial charge in [0.05, 0.1) is 0 Å². The van der Waals surface area contributed by atoms with E-state index in [2.05, 4.69) is 29.8 Å². The van der Waals surface area contributed by atoms with Crippen molar-refractivity contribution in [3.63, 3.8) is 0 Å². The summed E-state index contributed by atoms with van der Waals surface area (Å²) in [5.41, 5.74) is 0.872. The number of alkyl carbamates (subject to hydrolysis) is 1. The molecule has 1 fully saturated rings. The molecule has 0 aromatic carbocycles. The third-order valence-corrected chi connectivity index (χ3v) is 3.67. The molecule has 1 aliphatic heterocycles. The Bertz CT molecular complexity index is 396. The Morgan fingerprint density at radius 2 is 2.18 bits per heavy atom. The van der Waals surface area contributed by atoms with Gasteiger partial charge >= 0.3 is 6.09 Å². The number of carbonyl (C=O) groups excluding carboxylic acids is 1. The van der Waals surface area contributed by atoms with Crippen molar-refractivity contribution in [2.45, 2.75) is 52.6 Å². The van der Waals surface area contributed by atoms with Crippen molar-refractivity contribution in [1.29, 1.82) is 0 Å². The maximum absolute atomic E-state index is 11.7. The fourth-order valence-electron chi connectivity index (χ4n) is 2.57. The highest BCUT2D eigenvalue weighted by Crippen LogP contribution is 2.17. The van der Waals surface area contributed by atoms with Crippen molar-refractivity contribution in [2.75, 3.05) is 26.2 Å². The monoisotopic (exact) mass is 308 g/mol. The van der Waals surface area contributed by atoms with Crippen LogP contribution in [0.15, 0.2) is 24.3 Å². The van der Waals surface area contributed by atoms with Gasteiger partial charge in [-0.3, -0.25) is 4.90 Å². The smallest absolute Gasteiger partial charge is 0.407 e. The molecule has 0 spiro atoms. The minimum Gasteiger partial charge on any atom is -0.444 e. The van der Waals surface area contributed by atoms with Crippen LogP contribution in [0.2, 0.25) is 0 Å². The van der Waals surface area contributed by atoms with Crippen molar-refractivity contribution in [3.8, 4) is 0 Å². The molecule has 0 saturated carbocycles. The van der Waals surface area contributed by atoms with E-state index in [-0.39, 0.29) is 6.09 Å². The van der Waals surface area contributed by atoms with Gasteiger partial charge in [0.2, 0.25) is 0 Å². The fourth-order valence-corrected chi connectivity index (χ4v) is 2.57. The first-order chi connectivity index (χ1) is 10.3. The average molecular weight is 308 g/mol. The van der Waals surface area contributed by atoms with Crippen LogP contribution in [-0.4, -0.2) is 42.8 Å². The van der Waals surface area contributed by atoms with Crippen LogP contribution in [-0.2, 0) is 4.74 Å². The SMILES string of the molecule is C=C/C(=C\CCC)CN1CCC(CNC(=O)OC(C)(C)C)C1. The lowest BCUT2D eigenvalue weighted by Gasteiger charge is -2.21. The van der Waals surface area contributed by atoms with E-state index >= 15 is 0 Å². The molecule has 1 atom stereocenters. The number of hydrogen-bond acceptors (Lipinski definition) is 3. The molecule has 4 heteroatoms. The minimum atomic E-state index is -0.436. The van der Waals surface area contributed by atoms with Crippen molar-refractivity contribution in [2.24, 2.45) is 5.92 Å². The zero-order chi connectivity index (χ0) is 16.6. The zero-order valence-electron chi connectivity index (χ0n) is 14.7. The van der Waals surface area contributed by atoms with Gasteiger partial charge in [-0.05, 0) is 51.6 Å². The maximum atomic E-state index is 11.7. The molecular weight excluding hydrogens is 276 g/mol. The van der Waals surface area contributed by atoms with E-state index in [0.29, 0.717) is 12.5 Å². The number of nitrogens with zero attached hydrogens (tertiary/aromatic N) is 1. The van der Waals surface area contributed by atoms with Crippen LogP contribution in [0, 0.1) is 5.92 Å². The summed E-state index contributed by atoms with van der Waals surface area (Å²) >= 11 is 0. The molecule has 1 aliphatic rings. The Morgan fingerprint density at radius 3 is 2.77 bits per heavy atom. The first-order valence-electron chi connectivity index (χ1n) is 8.34. The standard InChI is InChI=1S/C18H32N2O2/c1-6-8-9-15(7-2)13-20-11-10-16(14-20)12-19-17(21)22-18(3,4)5/h7,9,16H,2,6,8,10-14H2,1,3-5H3,(H,19,21)/b15-9+. The van der Waals surface area contributed by atoms with Crippen molar-refractivity contribution in [1.82, 2.24) is 10.2 Å². The molecule has 1 unspecified atom stereocenters. The summed E-state index contributed by atoms with van der Waals surface area (Å²) in [5.74, 6) is 0.504. The Kier molecular flexibility index (Phi) is 7.66. The van der Waals surface area contributed by atoms with Gasteiger partial charge in [-0.1, -0.05) is 32.1 Å². The van der Waals surface area contributed by atoms with Crippen LogP contribution >= 0.6 is 0 Å². The van der Waals surface area contributed by atoms with Gasteiger partial charge in [0.1, 0.15) is 5.60 Å². The predicted molar refractivity (Wildman–Crippen MR) is 92.0 cm³/mol. The van der Waals surface area contributed by atoms with Crippen molar-refractivity contribution >= 4 is 6.09 Å². The van der Waals surface area contributed by atoms with Crippen LogP contribution in [0.5, 0.6) is 0 Å². The highest BCUT2D eigenvalue weighted by atomic mass is 16.6. The fraction of sp³-hybridized carbons (Fsp3) is 0.722. The predicted octanol–water partition coefficient (Wildman–Crippen LogP) is 3.75. The van der Waals surface area contributed by atoms with Crippen LogP contribution < -0.4 is 5.32 Å². The number of unbranched alkanes of at least 4 members (excludes halogenated alkanes) is 1. The van der Waals surface area contributed by atoms with E-state index < -0.39 is 5.60 Å². The summed E-state index contributed by atoms with van der Waals surface area (Å²) in [6, 6.07) is 0. The van der Waals surface area contributed by atoms with Crippen molar-refractivity contribution in [3.05, 3.63) is 24.3 Å². The summed E-state index contributed by atoms with van der Waals surface area (Å²) in [6.45, 7) is 15.5. The number of carbonyl (C=O) groups is 1. The van der Waals surface area contributed by atoms with Gasteiger partial charge in [-0.2, -0.15) is 0 Å². The lowest BCUT2D eigenvalue weighted by molar-refractivity contribution is 0.0520. The number of nitrogens with one attached hydrogen (secondary N) is 1. The molecule has 0 radical (unpaired) electrons. The molecule has 126 valence electrons. The van der Waals surface area contributed by atoms with E-state index in [1.54, 1.807) is 0 Å². The van der Waals surface area contributed by atoms with E-state index in [1.807, 2.05) is 26.8 Å². The number of amides is 1. The van der Waals surface area contributed by atoms with Gasteiger partial charge in [0.25, 0.3) is 0 Å². The van der Waals surface area contributed by atoms with Gasteiger partial charge in [-0.25, -0.2) is 4.79 Å². The molecule has 1 rings (SSSR count). The number of hydrogen-bond donors (Lipinski definition) is 1. The highest BCUT2D eigenvalue weighted by Gasteiger charge is 2.24. The number of rotatable bonds is 7. The summed E-state index contributed by atoms with van der Waals surface area (Å²) < 4.78 is 5.26. The Labute approximate surface area is 135 Å². The molecule has 0 aliphatic carbocycles. The Morgan fingerprint density at radius 1 is 1.45 bits per heavy atom. The second-order valence-electron chi connectivity index (χ2n) is 7.04. The molecule has 0 aromatic rings. The van der Waals surface area contributed by atoms with Crippen LogP contribution in [0.25, 0.3) is 0 Å². The molecule has 4 nitrogen and oxygen atoms in total. The number of ether oxygens (including phenoxy) is 1. The number of likely N-dealkylation sites (tertiary alicyclic amines) is 1. The second-order valence-corrected chi connectivity index (χ2v) is 7.04. The molecule has 1 saturated heterocycles. The number of allylic oxidation sites excluding steroid dienone is 1. The first kappa shape index (κ1) is 18.8. The van der Waals surface area contributed by atoms with E-state index in [9.17, 15) is 4.79 Å². The lowest BCUT2D eigenvalue weighted by Crippen LogP contribution is -2.36. The minimum absolute atomic E-state index is 0.319. The zero-order valence-corrected chi connectivity index (χ0v) is 14.7. The molecule has 1 heterocycles. The van der Waals surface area contributed by atoms with E-state index in [1.165, 1.54) is 12.0 Å². The van der Waals surface area contributed by atoms with Crippen LogP contribution in [0.1, 0.15) is 47.0 Å². The highest BCUT2D eigenvalue weighted by molar-refractivity contribution is 5.67. The van der Waals surface area contributed by atoms with Crippen LogP contribution in [0.3, 0.4) is 0 Å².